The topological polar surface area (TPSA) is 38.5 Å². The Kier molecular flexibility index (Phi) is 2.07. The van der Waals surface area contributed by atoms with Crippen LogP contribution in [0.5, 0.6) is 0 Å². The van der Waals surface area contributed by atoms with Gasteiger partial charge in [0.25, 0.3) is 0 Å². The van der Waals surface area contributed by atoms with E-state index in [1.807, 2.05) is 39.6 Å². The van der Waals surface area contributed by atoms with E-state index >= 15 is 0 Å². The van der Waals surface area contributed by atoms with Crippen LogP contribution in [0.3, 0.4) is 0 Å². The zero-order chi connectivity index (χ0) is 10.4. The molecule has 1 heterocycles. The molecule has 0 N–H and O–H groups in total. The Morgan fingerprint density at radius 2 is 1.77 bits per heavy atom. The maximum absolute atomic E-state index is 11.8. The zero-order valence-corrected chi connectivity index (χ0v) is 9.21. The average Bonchev–Trinajstić information content (AvgIpc) is 2.12. The molecule has 0 aliphatic carbocycles. The SMILES string of the molecule is COC1=[N+]([O-])C(C)(C)N(C)C1(C)C. The minimum atomic E-state index is -0.533. The second-order valence-corrected chi connectivity index (χ2v) is 4.42. The summed E-state index contributed by atoms with van der Waals surface area (Å²) in [5.74, 6) is 0.472. The lowest BCUT2D eigenvalue weighted by atomic mass is 10.0. The molecular formula is C9H18N2O2. The van der Waals surface area contributed by atoms with Crippen molar-refractivity contribution in [3.05, 3.63) is 5.21 Å². The van der Waals surface area contributed by atoms with E-state index in [9.17, 15) is 5.21 Å². The lowest BCUT2D eigenvalue weighted by Gasteiger charge is -2.31. The number of hydroxylamine groups is 1. The van der Waals surface area contributed by atoms with Gasteiger partial charge in [0.2, 0.25) is 5.66 Å². The number of likely N-dealkylation sites (N-methyl/N-ethyl adjacent to an activating group) is 1. The van der Waals surface area contributed by atoms with Crippen LogP contribution in [0, 0.1) is 5.21 Å². The molecule has 76 valence electrons. The van der Waals surface area contributed by atoms with Crippen LogP contribution in [0.15, 0.2) is 0 Å². The molecule has 4 nitrogen and oxygen atoms in total. The quantitative estimate of drug-likeness (QED) is 0.418. The van der Waals surface area contributed by atoms with E-state index < -0.39 is 5.66 Å². The fraction of sp³-hybridized carbons (Fsp3) is 0.889. The molecule has 0 aromatic carbocycles. The average molecular weight is 186 g/mol. The van der Waals surface area contributed by atoms with Crippen molar-refractivity contribution >= 4 is 5.90 Å². The summed E-state index contributed by atoms with van der Waals surface area (Å²) in [4.78, 5) is 2.01. The number of rotatable bonds is 0. The van der Waals surface area contributed by atoms with Gasteiger partial charge in [-0.15, -0.1) is 0 Å². The van der Waals surface area contributed by atoms with Crippen LogP contribution in [-0.2, 0) is 4.74 Å². The molecule has 0 unspecified atom stereocenters. The first-order valence-electron chi connectivity index (χ1n) is 4.39. The summed E-state index contributed by atoms with van der Waals surface area (Å²) >= 11 is 0. The van der Waals surface area contributed by atoms with E-state index in [2.05, 4.69) is 0 Å². The summed E-state index contributed by atoms with van der Waals surface area (Å²) in [7, 11) is 3.47. The molecule has 0 amide bonds. The largest absolute Gasteiger partial charge is 0.620 e. The number of hydrogen-bond acceptors (Lipinski definition) is 3. The van der Waals surface area contributed by atoms with Crippen molar-refractivity contribution in [3.8, 4) is 0 Å². The fourth-order valence-electron chi connectivity index (χ4n) is 1.79. The van der Waals surface area contributed by atoms with Gasteiger partial charge in [-0.05, 0) is 20.9 Å². The van der Waals surface area contributed by atoms with E-state index in [-0.39, 0.29) is 5.54 Å². The fourth-order valence-corrected chi connectivity index (χ4v) is 1.79. The standard InChI is InChI=1S/C9H18N2O2/c1-8(2)7(13-6)11(12)9(3,4)10(8)5/h1-6H3. The summed E-state index contributed by atoms with van der Waals surface area (Å²) in [6, 6.07) is 0. The summed E-state index contributed by atoms with van der Waals surface area (Å²) in [6.45, 7) is 7.72. The Hall–Kier alpha value is -0.770. The molecule has 0 radical (unpaired) electrons. The van der Waals surface area contributed by atoms with Gasteiger partial charge < -0.3 is 9.94 Å². The van der Waals surface area contributed by atoms with E-state index in [0.29, 0.717) is 5.90 Å². The van der Waals surface area contributed by atoms with Crippen molar-refractivity contribution < 1.29 is 9.48 Å². The predicted octanol–water partition coefficient (Wildman–Crippen LogP) is 1.00. The van der Waals surface area contributed by atoms with Crippen LogP contribution in [0.2, 0.25) is 0 Å². The highest BCUT2D eigenvalue weighted by atomic mass is 16.6. The third kappa shape index (κ3) is 1.12. The Morgan fingerprint density at radius 3 is 1.92 bits per heavy atom. The Balaban J connectivity index is 3.23. The van der Waals surface area contributed by atoms with Crippen molar-refractivity contribution in [2.24, 2.45) is 0 Å². The van der Waals surface area contributed by atoms with Crippen molar-refractivity contribution in [1.29, 1.82) is 0 Å². The van der Waals surface area contributed by atoms with E-state index in [4.69, 9.17) is 4.74 Å². The molecule has 1 aliphatic rings. The van der Waals surface area contributed by atoms with Crippen LogP contribution in [0.25, 0.3) is 0 Å². The van der Waals surface area contributed by atoms with Gasteiger partial charge >= 0.3 is 5.90 Å². The van der Waals surface area contributed by atoms with E-state index in [1.54, 1.807) is 0 Å². The van der Waals surface area contributed by atoms with Gasteiger partial charge in [-0.3, -0.25) is 0 Å². The third-order valence-electron chi connectivity index (χ3n) is 3.06. The summed E-state index contributed by atoms with van der Waals surface area (Å²) in [5.41, 5.74) is -0.866. The highest BCUT2D eigenvalue weighted by molar-refractivity contribution is 5.82. The number of nitrogens with zero attached hydrogens (tertiary/aromatic N) is 2. The minimum absolute atomic E-state index is 0.333. The van der Waals surface area contributed by atoms with Crippen LogP contribution in [0.1, 0.15) is 27.7 Å². The van der Waals surface area contributed by atoms with Gasteiger partial charge in [0.05, 0.1) is 7.11 Å². The van der Waals surface area contributed by atoms with Crippen LogP contribution >= 0.6 is 0 Å². The first-order valence-corrected chi connectivity index (χ1v) is 4.39. The van der Waals surface area contributed by atoms with Crippen molar-refractivity contribution in [1.82, 2.24) is 4.90 Å². The van der Waals surface area contributed by atoms with Crippen LogP contribution in [-0.4, -0.2) is 40.9 Å². The molecule has 0 aromatic heterocycles. The third-order valence-corrected chi connectivity index (χ3v) is 3.06. The van der Waals surface area contributed by atoms with Gasteiger partial charge in [0, 0.05) is 13.8 Å². The van der Waals surface area contributed by atoms with E-state index in [1.165, 1.54) is 7.11 Å². The second kappa shape index (κ2) is 2.61. The summed E-state index contributed by atoms with van der Waals surface area (Å²) in [5, 5.41) is 11.8. The number of hydrogen-bond donors (Lipinski definition) is 0. The maximum Gasteiger partial charge on any atom is 0.369 e. The Labute approximate surface area is 79.4 Å². The van der Waals surface area contributed by atoms with Gasteiger partial charge in [0.1, 0.15) is 5.54 Å². The molecule has 0 bridgehead atoms. The first kappa shape index (κ1) is 10.3. The monoisotopic (exact) mass is 186 g/mol. The predicted molar refractivity (Wildman–Crippen MR) is 51.6 cm³/mol. The minimum Gasteiger partial charge on any atom is -0.620 e. The highest BCUT2D eigenvalue weighted by Gasteiger charge is 2.55. The summed E-state index contributed by atoms with van der Waals surface area (Å²) < 4.78 is 6.07. The van der Waals surface area contributed by atoms with Gasteiger partial charge in [-0.25, -0.2) is 4.90 Å². The van der Waals surface area contributed by atoms with Gasteiger partial charge in [-0.1, -0.05) is 0 Å². The van der Waals surface area contributed by atoms with Crippen molar-refractivity contribution in [2.45, 2.75) is 38.9 Å². The molecule has 0 aromatic rings. The maximum atomic E-state index is 11.8. The Bertz CT molecular complexity index is 256. The molecule has 13 heavy (non-hydrogen) atoms. The molecular weight excluding hydrogens is 168 g/mol. The van der Waals surface area contributed by atoms with Gasteiger partial charge in [-0.2, -0.15) is 4.74 Å². The molecule has 0 saturated carbocycles. The zero-order valence-electron chi connectivity index (χ0n) is 9.21. The first-order chi connectivity index (χ1) is 5.76. The lowest BCUT2D eigenvalue weighted by Crippen LogP contribution is -2.51. The van der Waals surface area contributed by atoms with Crippen molar-refractivity contribution in [2.75, 3.05) is 14.2 Å². The molecule has 1 rings (SSSR count). The highest BCUT2D eigenvalue weighted by Crippen LogP contribution is 2.32. The Morgan fingerprint density at radius 1 is 1.31 bits per heavy atom. The molecule has 4 heteroatoms. The molecule has 0 saturated heterocycles. The molecule has 0 fully saturated rings. The molecule has 0 spiro atoms. The second-order valence-electron chi connectivity index (χ2n) is 4.42. The molecule has 1 aliphatic heterocycles. The van der Waals surface area contributed by atoms with Crippen molar-refractivity contribution in [3.63, 3.8) is 0 Å². The number of methoxy groups -OCH3 is 1. The van der Waals surface area contributed by atoms with Crippen LogP contribution < -0.4 is 0 Å². The lowest BCUT2D eigenvalue weighted by molar-refractivity contribution is -0.562. The van der Waals surface area contributed by atoms with Gasteiger partial charge in [0.15, 0.2) is 0 Å². The molecule has 0 atom stereocenters. The van der Waals surface area contributed by atoms with E-state index in [0.717, 1.165) is 4.74 Å². The number of ether oxygens (including phenoxy) is 1. The normalized spacial score (nSPS) is 26.6. The summed E-state index contributed by atoms with van der Waals surface area (Å²) in [6.07, 6.45) is 0. The smallest absolute Gasteiger partial charge is 0.369 e. The van der Waals surface area contributed by atoms with Crippen LogP contribution in [0.4, 0.5) is 0 Å².